The van der Waals surface area contributed by atoms with Gasteiger partial charge >= 0.3 is 5.97 Å². The maximum atomic E-state index is 10.8. The van der Waals surface area contributed by atoms with E-state index < -0.39 is 17.5 Å². The molecule has 0 bridgehead atoms. The number of aliphatic hydroxyl groups is 1. The van der Waals surface area contributed by atoms with E-state index in [0.717, 1.165) is 5.56 Å². The maximum Gasteiger partial charge on any atom is 0.310 e. The zero-order chi connectivity index (χ0) is 11.6. The van der Waals surface area contributed by atoms with Crippen molar-refractivity contribution in [3.05, 3.63) is 35.4 Å². The van der Waals surface area contributed by atoms with Gasteiger partial charge in [0.15, 0.2) is 0 Å². The third-order valence-electron chi connectivity index (χ3n) is 2.46. The first kappa shape index (κ1) is 11.7. The molecule has 0 amide bonds. The molecule has 1 aromatic rings. The number of aliphatic carboxylic acids is 1. The van der Waals surface area contributed by atoms with Gasteiger partial charge in [-0.15, -0.1) is 0 Å². The highest BCUT2D eigenvalue weighted by atomic mass is 16.4. The van der Waals surface area contributed by atoms with Crippen LogP contribution in [0, 0.1) is 0 Å². The van der Waals surface area contributed by atoms with Crippen LogP contribution in [0.1, 0.15) is 37.8 Å². The smallest absolute Gasteiger partial charge is 0.310 e. The van der Waals surface area contributed by atoms with Crippen LogP contribution in [0.15, 0.2) is 24.3 Å². The van der Waals surface area contributed by atoms with E-state index in [-0.39, 0.29) is 0 Å². The summed E-state index contributed by atoms with van der Waals surface area (Å²) in [5.74, 6) is -1.41. The normalized spacial score (nSPS) is 13.6. The monoisotopic (exact) mass is 208 g/mol. The molecule has 1 rings (SSSR count). The van der Waals surface area contributed by atoms with Crippen molar-refractivity contribution in [2.24, 2.45) is 0 Å². The van der Waals surface area contributed by atoms with Crippen LogP contribution in [0.2, 0.25) is 0 Å². The van der Waals surface area contributed by atoms with Crippen LogP contribution in [0.5, 0.6) is 0 Å². The Morgan fingerprint density at radius 2 is 2.00 bits per heavy atom. The molecule has 0 radical (unpaired) electrons. The van der Waals surface area contributed by atoms with Crippen molar-refractivity contribution in [3.63, 3.8) is 0 Å². The molecule has 2 N–H and O–H groups in total. The van der Waals surface area contributed by atoms with E-state index in [1.165, 1.54) is 0 Å². The number of rotatable bonds is 3. The van der Waals surface area contributed by atoms with Crippen LogP contribution < -0.4 is 0 Å². The van der Waals surface area contributed by atoms with Crippen LogP contribution >= 0.6 is 0 Å². The van der Waals surface area contributed by atoms with Gasteiger partial charge < -0.3 is 10.2 Å². The molecule has 15 heavy (non-hydrogen) atoms. The SMILES string of the molecule is CC(C(=O)O)c1cccc(C(C)(C)O)c1. The lowest BCUT2D eigenvalue weighted by Gasteiger charge is -2.19. The lowest BCUT2D eigenvalue weighted by atomic mass is 9.92. The molecule has 1 unspecified atom stereocenters. The molecule has 1 atom stereocenters. The van der Waals surface area contributed by atoms with E-state index in [2.05, 4.69) is 0 Å². The summed E-state index contributed by atoms with van der Waals surface area (Å²) in [6, 6.07) is 7.05. The van der Waals surface area contributed by atoms with E-state index >= 15 is 0 Å². The van der Waals surface area contributed by atoms with Crippen LogP contribution in [-0.4, -0.2) is 16.2 Å². The third kappa shape index (κ3) is 2.80. The van der Waals surface area contributed by atoms with Crippen molar-refractivity contribution in [2.45, 2.75) is 32.3 Å². The molecular weight excluding hydrogens is 192 g/mol. The van der Waals surface area contributed by atoms with Crippen LogP contribution in [0.3, 0.4) is 0 Å². The molecular formula is C12H16O3. The third-order valence-corrected chi connectivity index (χ3v) is 2.46. The fourth-order valence-corrected chi connectivity index (χ4v) is 1.33. The number of carbonyl (C=O) groups is 1. The quantitative estimate of drug-likeness (QED) is 0.799. The number of hydrogen-bond acceptors (Lipinski definition) is 2. The lowest BCUT2D eigenvalue weighted by Crippen LogP contribution is -2.16. The molecule has 3 heteroatoms. The first-order valence-electron chi connectivity index (χ1n) is 4.88. The Bertz CT molecular complexity index is 363. The molecule has 1 aromatic carbocycles. The Labute approximate surface area is 89.4 Å². The van der Waals surface area contributed by atoms with Gasteiger partial charge in [0.25, 0.3) is 0 Å². The Kier molecular flexibility index (Phi) is 3.15. The number of hydrogen-bond donors (Lipinski definition) is 2. The highest BCUT2D eigenvalue weighted by Gasteiger charge is 2.19. The van der Waals surface area contributed by atoms with Crippen molar-refractivity contribution in [1.82, 2.24) is 0 Å². The van der Waals surface area contributed by atoms with Crippen molar-refractivity contribution >= 4 is 5.97 Å². The van der Waals surface area contributed by atoms with Gasteiger partial charge in [0.1, 0.15) is 0 Å². The Morgan fingerprint density at radius 1 is 1.40 bits per heavy atom. The second kappa shape index (κ2) is 4.03. The average Bonchev–Trinajstić information content (AvgIpc) is 2.15. The Morgan fingerprint density at radius 3 is 2.47 bits per heavy atom. The first-order valence-corrected chi connectivity index (χ1v) is 4.88. The van der Waals surface area contributed by atoms with Crippen LogP contribution in [-0.2, 0) is 10.4 Å². The minimum atomic E-state index is -0.936. The maximum absolute atomic E-state index is 10.8. The number of carboxylic acids is 1. The van der Waals surface area contributed by atoms with E-state index in [1.807, 2.05) is 0 Å². The fourth-order valence-electron chi connectivity index (χ4n) is 1.33. The summed E-state index contributed by atoms with van der Waals surface area (Å²) in [4.78, 5) is 10.8. The zero-order valence-corrected chi connectivity index (χ0v) is 9.19. The average molecular weight is 208 g/mol. The second-order valence-corrected chi connectivity index (χ2v) is 4.24. The molecule has 0 heterocycles. The molecule has 0 aliphatic rings. The van der Waals surface area contributed by atoms with Crippen molar-refractivity contribution in [3.8, 4) is 0 Å². The molecule has 0 aliphatic heterocycles. The van der Waals surface area contributed by atoms with Crippen molar-refractivity contribution in [2.75, 3.05) is 0 Å². The zero-order valence-electron chi connectivity index (χ0n) is 9.19. The van der Waals surface area contributed by atoms with Gasteiger partial charge in [0, 0.05) is 0 Å². The molecule has 3 nitrogen and oxygen atoms in total. The molecule has 0 aliphatic carbocycles. The van der Waals surface area contributed by atoms with Gasteiger partial charge in [-0.3, -0.25) is 4.79 Å². The summed E-state index contributed by atoms with van der Waals surface area (Å²) in [5, 5.41) is 18.7. The first-order chi connectivity index (χ1) is 6.82. The van der Waals surface area contributed by atoms with Crippen molar-refractivity contribution in [1.29, 1.82) is 0 Å². The minimum Gasteiger partial charge on any atom is -0.481 e. The van der Waals surface area contributed by atoms with E-state index in [1.54, 1.807) is 45.0 Å². The summed E-state index contributed by atoms with van der Waals surface area (Å²) in [6.45, 7) is 4.99. The molecule has 0 spiro atoms. The highest BCUT2D eigenvalue weighted by Crippen LogP contribution is 2.24. The molecule has 0 aromatic heterocycles. The van der Waals surface area contributed by atoms with Crippen LogP contribution in [0.25, 0.3) is 0 Å². The van der Waals surface area contributed by atoms with Gasteiger partial charge in [-0.25, -0.2) is 0 Å². The van der Waals surface area contributed by atoms with E-state index in [9.17, 15) is 9.90 Å². The number of carboxylic acid groups (broad SMARTS) is 1. The summed E-state index contributed by atoms with van der Waals surface area (Å²) < 4.78 is 0. The van der Waals surface area contributed by atoms with Crippen LogP contribution in [0.4, 0.5) is 0 Å². The van der Waals surface area contributed by atoms with E-state index in [4.69, 9.17) is 5.11 Å². The Balaban J connectivity index is 3.08. The summed E-state index contributed by atoms with van der Waals surface area (Å²) in [7, 11) is 0. The number of benzene rings is 1. The molecule has 82 valence electrons. The topological polar surface area (TPSA) is 57.5 Å². The van der Waals surface area contributed by atoms with E-state index in [0.29, 0.717) is 5.56 Å². The fraction of sp³-hybridized carbons (Fsp3) is 0.417. The van der Waals surface area contributed by atoms with Gasteiger partial charge in [0.2, 0.25) is 0 Å². The molecule has 0 saturated carbocycles. The predicted molar refractivity (Wildman–Crippen MR) is 57.7 cm³/mol. The highest BCUT2D eigenvalue weighted by molar-refractivity contribution is 5.75. The van der Waals surface area contributed by atoms with Gasteiger partial charge in [-0.2, -0.15) is 0 Å². The van der Waals surface area contributed by atoms with Crippen molar-refractivity contribution < 1.29 is 15.0 Å². The van der Waals surface area contributed by atoms with Gasteiger partial charge in [-0.1, -0.05) is 24.3 Å². The lowest BCUT2D eigenvalue weighted by molar-refractivity contribution is -0.138. The van der Waals surface area contributed by atoms with Gasteiger partial charge in [0.05, 0.1) is 11.5 Å². The predicted octanol–water partition coefficient (Wildman–Crippen LogP) is 2.10. The molecule has 0 saturated heterocycles. The molecule has 0 fully saturated rings. The largest absolute Gasteiger partial charge is 0.481 e. The minimum absolute atomic E-state index is 0.549. The second-order valence-electron chi connectivity index (χ2n) is 4.24. The standard InChI is InChI=1S/C12H16O3/c1-8(11(13)14)9-5-4-6-10(7-9)12(2,3)15/h4-8,15H,1-3H3,(H,13,14). The summed E-state index contributed by atoms with van der Waals surface area (Å²) in [5.41, 5.74) is 0.504. The Hall–Kier alpha value is -1.35. The summed E-state index contributed by atoms with van der Waals surface area (Å²) >= 11 is 0. The van der Waals surface area contributed by atoms with Gasteiger partial charge in [-0.05, 0) is 31.9 Å². The summed E-state index contributed by atoms with van der Waals surface area (Å²) in [6.07, 6.45) is 0.